The summed E-state index contributed by atoms with van der Waals surface area (Å²) in [6.45, 7) is 0. The van der Waals surface area contributed by atoms with Gasteiger partial charge in [0.25, 0.3) is 0 Å². The molecule has 0 unspecified atom stereocenters. The van der Waals surface area contributed by atoms with Crippen molar-refractivity contribution in [2.24, 2.45) is 0 Å². The van der Waals surface area contributed by atoms with Crippen molar-refractivity contribution in [1.82, 2.24) is 0 Å². The Hall–Kier alpha value is 3.50. The van der Waals surface area contributed by atoms with Gasteiger partial charge in [0.05, 0.1) is 0 Å². The first-order valence-corrected chi connectivity index (χ1v) is 23.9. The van der Waals surface area contributed by atoms with Gasteiger partial charge in [-0.1, -0.05) is 0 Å². The van der Waals surface area contributed by atoms with Gasteiger partial charge in [-0.05, 0) is 0 Å². The molecule has 0 aromatic carbocycles. The molecule has 7 heteroatoms. The van der Waals surface area contributed by atoms with Crippen LogP contribution in [0.4, 0.5) is 0 Å². The summed E-state index contributed by atoms with van der Waals surface area (Å²) in [5, 5.41) is 0. The summed E-state index contributed by atoms with van der Waals surface area (Å²) < 4.78 is 0. The third kappa shape index (κ3) is 43.6. The topological polar surface area (TPSA) is 0 Å². The van der Waals surface area contributed by atoms with Crippen LogP contribution in [-0.4, -0.2) is 20.8 Å². The summed E-state index contributed by atoms with van der Waals surface area (Å²) in [6.07, 6.45) is 0. The van der Waals surface area contributed by atoms with Crippen molar-refractivity contribution in [2.75, 3.05) is 0 Å². The minimum absolute atomic E-state index is 0.125. The summed E-state index contributed by atoms with van der Waals surface area (Å²) >= 11 is 16.2. The quantitative estimate of drug-likeness (QED) is 0.408. The maximum atomic E-state index is 3.25. The van der Waals surface area contributed by atoms with Gasteiger partial charge in [0, 0.05) is 0 Å². The molecule has 7 heavy (non-hydrogen) atoms. The van der Waals surface area contributed by atoms with Gasteiger partial charge >= 0.3 is 90.6 Å². The van der Waals surface area contributed by atoms with Crippen molar-refractivity contribution >= 4 is 90.6 Å². The van der Waals surface area contributed by atoms with E-state index in [1.165, 1.54) is 0 Å². The van der Waals surface area contributed by atoms with Crippen LogP contribution in [0.25, 0.3) is 0 Å². The third-order valence-corrected chi connectivity index (χ3v) is 0. The van der Waals surface area contributed by atoms with Crippen LogP contribution in [0.15, 0.2) is 0 Å². The minimum atomic E-state index is -0.750. The van der Waals surface area contributed by atoms with Crippen molar-refractivity contribution in [3.05, 3.63) is 0 Å². The summed E-state index contributed by atoms with van der Waals surface area (Å²) in [5.74, 6) is 0. The number of halogens is 5. The fourth-order valence-electron chi connectivity index (χ4n) is 0. The molecule has 0 saturated heterocycles. The van der Waals surface area contributed by atoms with Crippen LogP contribution in [0.1, 0.15) is 0 Å². The summed E-state index contributed by atoms with van der Waals surface area (Å²) in [6, 6.07) is 0. The van der Waals surface area contributed by atoms with Gasteiger partial charge in [0.2, 0.25) is 0 Å². The Morgan fingerprint density at radius 2 is 1.00 bits per heavy atom. The van der Waals surface area contributed by atoms with E-state index in [0.717, 1.165) is 0 Å². The predicted molar refractivity (Wildman–Crippen MR) is 56.1 cm³/mol. The normalized spacial score (nSPS) is 7.71. The molecule has 2 radical (unpaired) electrons. The van der Waals surface area contributed by atoms with E-state index in [4.69, 9.17) is 0 Å². The second-order valence-corrected chi connectivity index (χ2v) is 36.9. The molecular formula is AsBr5Ge. The Balaban J connectivity index is 0. The molecule has 0 heterocycles. The van der Waals surface area contributed by atoms with Gasteiger partial charge in [-0.2, -0.15) is 0 Å². The first-order valence-electron chi connectivity index (χ1n) is 0.885. The molecule has 0 amide bonds. The van der Waals surface area contributed by atoms with Crippen LogP contribution >= 0.6 is 69.8 Å². The molecule has 0 fully saturated rings. The van der Waals surface area contributed by atoms with Crippen molar-refractivity contribution in [2.45, 2.75) is 0 Å². The Morgan fingerprint density at radius 1 is 1.00 bits per heavy atom. The van der Waals surface area contributed by atoms with Crippen molar-refractivity contribution in [3.8, 4) is 0 Å². The molecule has 0 rings (SSSR count). The monoisotopic (exact) mass is 543 g/mol. The van der Waals surface area contributed by atoms with E-state index in [2.05, 4.69) is 69.8 Å². The molecule has 0 N–H and O–H groups in total. The Kier molecular flexibility index (Phi) is 22.9. The molecule has 0 atom stereocenters. The van der Waals surface area contributed by atoms with E-state index in [9.17, 15) is 0 Å². The second-order valence-electron chi connectivity index (χ2n) is 0.263. The number of hydrogen-bond donors (Lipinski definition) is 0. The molecular weight excluding hydrogens is 547 g/mol. The number of hydrogen-bond acceptors (Lipinski definition) is 0. The van der Waals surface area contributed by atoms with Gasteiger partial charge in [0.1, 0.15) is 0 Å². The van der Waals surface area contributed by atoms with Crippen LogP contribution < -0.4 is 0 Å². The van der Waals surface area contributed by atoms with E-state index in [0.29, 0.717) is 0 Å². The summed E-state index contributed by atoms with van der Waals surface area (Å²) in [7, 11) is -0.750. The zero-order chi connectivity index (χ0) is 6.28. The van der Waals surface area contributed by atoms with Crippen LogP contribution in [-0.2, 0) is 0 Å². The molecule has 0 aliphatic heterocycles. The average molecular weight is 547 g/mol. The molecule has 0 aliphatic carbocycles. The molecule has 0 aromatic heterocycles. The van der Waals surface area contributed by atoms with E-state index < -0.39 is 9.06 Å². The Labute approximate surface area is 88.6 Å². The van der Waals surface area contributed by atoms with Gasteiger partial charge in [0.15, 0.2) is 0 Å². The van der Waals surface area contributed by atoms with Crippen LogP contribution in [0.5, 0.6) is 0 Å². The van der Waals surface area contributed by atoms with E-state index in [1.54, 1.807) is 0 Å². The molecule has 0 spiro atoms. The van der Waals surface area contributed by atoms with Crippen molar-refractivity contribution in [3.63, 3.8) is 0 Å². The SMILES string of the molecule is Br[As](Br)Br.[Br][Ge][Br]. The first kappa shape index (κ1) is 13.1. The molecule has 0 aromatic rings. The van der Waals surface area contributed by atoms with E-state index in [-0.39, 0.29) is 11.7 Å². The molecule has 0 nitrogen and oxygen atoms in total. The van der Waals surface area contributed by atoms with Gasteiger partial charge < -0.3 is 0 Å². The number of rotatable bonds is 0. The maximum absolute atomic E-state index is 3.25. The summed E-state index contributed by atoms with van der Waals surface area (Å²) in [5.41, 5.74) is 0. The van der Waals surface area contributed by atoms with Gasteiger partial charge in [-0.15, -0.1) is 0 Å². The fraction of sp³-hybridized carbons (Fsp3) is 0. The zero-order valence-electron chi connectivity index (χ0n) is 2.84. The Bertz CT molecular complexity index is 19.3. The molecule has 44 valence electrons. The van der Waals surface area contributed by atoms with Crippen molar-refractivity contribution < 1.29 is 0 Å². The fourth-order valence-corrected chi connectivity index (χ4v) is 0. The summed E-state index contributed by atoms with van der Waals surface area (Å²) in [4.78, 5) is 0. The van der Waals surface area contributed by atoms with Crippen LogP contribution in [0.3, 0.4) is 0 Å². The second kappa shape index (κ2) is 12.2. The predicted octanol–water partition coefficient (Wildman–Crippen LogP) is 3.47. The molecule has 0 bridgehead atoms. The van der Waals surface area contributed by atoms with Crippen LogP contribution in [0, 0.1) is 0 Å². The van der Waals surface area contributed by atoms with Gasteiger partial charge in [-0.3, -0.25) is 0 Å². The van der Waals surface area contributed by atoms with Crippen LogP contribution in [0.2, 0.25) is 0 Å². The van der Waals surface area contributed by atoms with Crippen molar-refractivity contribution in [1.29, 1.82) is 0 Å². The average Bonchev–Trinajstić information content (AvgIpc) is 1.33. The zero-order valence-corrected chi connectivity index (χ0v) is 14.7. The third-order valence-electron chi connectivity index (χ3n) is 0. The molecule has 0 aliphatic rings. The van der Waals surface area contributed by atoms with Gasteiger partial charge in [-0.25, -0.2) is 0 Å². The Morgan fingerprint density at radius 3 is 1.00 bits per heavy atom. The first-order chi connectivity index (χ1) is 3.15. The van der Waals surface area contributed by atoms with E-state index in [1.807, 2.05) is 0 Å². The molecule has 0 saturated carbocycles. The van der Waals surface area contributed by atoms with E-state index >= 15 is 0 Å². The standard InChI is InChI=1S/AsBr3.Br2Ge/c2-1(3)4;1-3-2.